The molecular weight excluding hydrogens is 234 g/mol. The first-order chi connectivity index (χ1) is 9.28. The summed E-state index contributed by atoms with van der Waals surface area (Å²) in [6.07, 6.45) is 0. The summed E-state index contributed by atoms with van der Waals surface area (Å²) in [6.45, 7) is 2.08. The van der Waals surface area contributed by atoms with Crippen LogP contribution in [0.4, 0.5) is 0 Å². The van der Waals surface area contributed by atoms with Crippen LogP contribution in [0.1, 0.15) is 22.6 Å². The van der Waals surface area contributed by atoms with Crippen LogP contribution >= 0.6 is 0 Å². The van der Waals surface area contributed by atoms with Gasteiger partial charge in [-0.15, -0.1) is 0 Å². The topological polar surface area (TPSA) is 12.5 Å². The van der Waals surface area contributed by atoms with Gasteiger partial charge in [0.15, 0.2) is 0 Å². The fourth-order valence-corrected chi connectivity index (χ4v) is 2.90. The van der Waals surface area contributed by atoms with Crippen LogP contribution in [0.25, 0.3) is 0 Å². The number of likely N-dealkylation sites (N-methyl/N-ethyl adjacent to an activating group) is 1. The van der Waals surface area contributed by atoms with Crippen molar-refractivity contribution in [3.05, 3.63) is 65.2 Å². The van der Waals surface area contributed by atoms with Crippen molar-refractivity contribution >= 4 is 0 Å². The quantitative estimate of drug-likeness (QED) is 0.814. The molecule has 0 saturated carbocycles. The number of benzene rings is 2. The highest BCUT2D eigenvalue weighted by molar-refractivity contribution is 5.44. The van der Waals surface area contributed by atoms with E-state index in [1.807, 2.05) is 0 Å². The highest BCUT2D eigenvalue weighted by atomic mass is 16.5. The van der Waals surface area contributed by atoms with E-state index in [1.165, 1.54) is 16.7 Å². The Kier molecular flexibility index (Phi) is 3.26. The largest absolute Gasteiger partial charge is 0.497 e. The maximum atomic E-state index is 5.38. The molecule has 2 aromatic carbocycles. The molecule has 19 heavy (non-hydrogen) atoms. The number of hydrogen-bond donors (Lipinski definition) is 0. The lowest BCUT2D eigenvalue weighted by Gasteiger charge is -2.32. The Morgan fingerprint density at radius 2 is 1.89 bits per heavy atom. The van der Waals surface area contributed by atoms with Crippen molar-refractivity contribution < 1.29 is 4.74 Å². The third-order valence-electron chi connectivity index (χ3n) is 3.86. The van der Waals surface area contributed by atoms with Crippen molar-refractivity contribution in [2.75, 3.05) is 20.7 Å². The van der Waals surface area contributed by atoms with Gasteiger partial charge in [0.05, 0.1) is 7.11 Å². The number of hydrogen-bond acceptors (Lipinski definition) is 2. The zero-order chi connectivity index (χ0) is 13.2. The zero-order valence-corrected chi connectivity index (χ0v) is 11.5. The van der Waals surface area contributed by atoms with E-state index in [0.29, 0.717) is 5.92 Å². The molecule has 1 heterocycles. The van der Waals surface area contributed by atoms with Gasteiger partial charge in [-0.05, 0) is 35.9 Å². The number of methoxy groups -OCH3 is 1. The highest BCUT2D eigenvalue weighted by Gasteiger charge is 2.24. The Bertz CT molecular complexity index is 565. The Balaban J connectivity index is 2.07. The van der Waals surface area contributed by atoms with Gasteiger partial charge in [0.2, 0.25) is 0 Å². The second-order valence-corrected chi connectivity index (χ2v) is 5.22. The van der Waals surface area contributed by atoms with Gasteiger partial charge in [0.25, 0.3) is 0 Å². The first-order valence-electron chi connectivity index (χ1n) is 6.68. The minimum Gasteiger partial charge on any atom is -0.497 e. The van der Waals surface area contributed by atoms with Gasteiger partial charge >= 0.3 is 0 Å². The summed E-state index contributed by atoms with van der Waals surface area (Å²) >= 11 is 0. The Morgan fingerprint density at radius 1 is 1.11 bits per heavy atom. The second kappa shape index (κ2) is 5.06. The van der Waals surface area contributed by atoms with Crippen molar-refractivity contribution in [2.45, 2.75) is 12.5 Å². The van der Waals surface area contributed by atoms with E-state index in [2.05, 4.69) is 60.5 Å². The van der Waals surface area contributed by atoms with Crippen molar-refractivity contribution in [3.63, 3.8) is 0 Å². The van der Waals surface area contributed by atoms with Gasteiger partial charge in [0.1, 0.15) is 5.75 Å². The van der Waals surface area contributed by atoms with Crippen LogP contribution in [-0.4, -0.2) is 25.6 Å². The monoisotopic (exact) mass is 253 g/mol. The van der Waals surface area contributed by atoms with Crippen LogP contribution in [0.15, 0.2) is 48.5 Å². The normalized spacial score (nSPS) is 18.9. The second-order valence-electron chi connectivity index (χ2n) is 5.22. The molecular formula is C17H19NO. The maximum Gasteiger partial charge on any atom is 0.119 e. The van der Waals surface area contributed by atoms with E-state index in [9.17, 15) is 0 Å². The van der Waals surface area contributed by atoms with E-state index >= 15 is 0 Å². The first kappa shape index (κ1) is 12.2. The number of rotatable bonds is 2. The van der Waals surface area contributed by atoms with Crippen molar-refractivity contribution in [1.29, 1.82) is 0 Å². The zero-order valence-electron chi connectivity index (χ0n) is 11.5. The Morgan fingerprint density at radius 3 is 2.63 bits per heavy atom. The van der Waals surface area contributed by atoms with Crippen molar-refractivity contribution in [2.24, 2.45) is 0 Å². The molecule has 0 aliphatic carbocycles. The van der Waals surface area contributed by atoms with Gasteiger partial charge in [-0.1, -0.05) is 36.4 Å². The number of fused-ring (bicyclic) bond motifs is 1. The molecule has 0 saturated heterocycles. The molecule has 2 aromatic rings. The molecule has 1 aliphatic heterocycles. The van der Waals surface area contributed by atoms with Crippen molar-refractivity contribution in [1.82, 2.24) is 4.90 Å². The van der Waals surface area contributed by atoms with Gasteiger partial charge in [-0.25, -0.2) is 0 Å². The molecule has 0 fully saturated rings. The third-order valence-corrected chi connectivity index (χ3v) is 3.86. The molecule has 1 atom stereocenters. The summed E-state index contributed by atoms with van der Waals surface area (Å²) in [5.41, 5.74) is 4.19. The van der Waals surface area contributed by atoms with Gasteiger partial charge in [-0.3, -0.25) is 0 Å². The smallest absolute Gasteiger partial charge is 0.119 e. The molecule has 0 aromatic heterocycles. The molecule has 0 N–H and O–H groups in total. The summed E-state index contributed by atoms with van der Waals surface area (Å²) < 4.78 is 5.38. The molecule has 0 amide bonds. The highest BCUT2D eigenvalue weighted by Crippen LogP contribution is 2.34. The van der Waals surface area contributed by atoms with Crippen molar-refractivity contribution in [3.8, 4) is 5.75 Å². The lowest BCUT2D eigenvalue weighted by atomic mass is 9.85. The fourth-order valence-electron chi connectivity index (χ4n) is 2.90. The predicted octanol–water partition coefficient (Wildman–Crippen LogP) is 3.27. The Labute approximate surface area is 114 Å². The summed E-state index contributed by atoms with van der Waals surface area (Å²) in [4.78, 5) is 2.38. The summed E-state index contributed by atoms with van der Waals surface area (Å²) in [5, 5.41) is 0. The van der Waals surface area contributed by atoms with E-state index in [-0.39, 0.29) is 0 Å². The lowest BCUT2D eigenvalue weighted by Crippen LogP contribution is -2.30. The Hall–Kier alpha value is -1.80. The van der Waals surface area contributed by atoms with E-state index < -0.39 is 0 Å². The van der Waals surface area contributed by atoms with E-state index in [4.69, 9.17) is 4.74 Å². The molecule has 3 rings (SSSR count). The molecule has 2 nitrogen and oxygen atoms in total. The minimum atomic E-state index is 0.435. The average Bonchev–Trinajstić information content (AvgIpc) is 2.47. The van der Waals surface area contributed by atoms with Crippen LogP contribution in [0.5, 0.6) is 5.75 Å². The van der Waals surface area contributed by atoms with Crippen LogP contribution < -0.4 is 4.74 Å². The molecule has 0 spiro atoms. The fraction of sp³-hybridized carbons (Fsp3) is 0.294. The summed E-state index contributed by atoms with van der Waals surface area (Å²) in [6, 6.07) is 17.2. The summed E-state index contributed by atoms with van der Waals surface area (Å²) in [5.74, 6) is 1.38. The molecule has 0 bridgehead atoms. The number of nitrogens with zero attached hydrogens (tertiary/aromatic N) is 1. The predicted molar refractivity (Wildman–Crippen MR) is 77.6 cm³/mol. The SMILES string of the molecule is COc1ccc2c(c1)[C@H](c1ccccc1)CN(C)C2. The molecule has 1 aliphatic rings. The molecule has 2 heteroatoms. The first-order valence-corrected chi connectivity index (χ1v) is 6.68. The average molecular weight is 253 g/mol. The van der Waals surface area contributed by atoms with E-state index in [1.54, 1.807) is 7.11 Å². The summed E-state index contributed by atoms with van der Waals surface area (Å²) in [7, 11) is 3.91. The maximum absolute atomic E-state index is 5.38. The molecule has 0 unspecified atom stereocenters. The van der Waals surface area contributed by atoms with E-state index in [0.717, 1.165) is 18.8 Å². The van der Waals surface area contributed by atoms with Gasteiger partial charge in [0, 0.05) is 19.0 Å². The standard InChI is InChI=1S/C17H19NO/c1-18-11-14-8-9-15(19-2)10-16(14)17(12-18)13-6-4-3-5-7-13/h3-10,17H,11-12H2,1-2H3/t17-/m0/s1. The van der Waals surface area contributed by atoms with Crippen LogP contribution in [0, 0.1) is 0 Å². The van der Waals surface area contributed by atoms with Crippen LogP contribution in [0.3, 0.4) is 0 Å². The number of ether oxygens (including phenoxy) is 1. The van der Waals surface area contributed by atoms with Crippen LogP contribution in [0.2, 0.25) is 0 Å². The van der Waals surface area contributed by atoms with Gasteiger partial charge in [-0.2, -0.15) is 0 Å². The molecule has 98 valence electrons. The third kappa shape index (κ3) is 2.36. The minimum absolute atomic E-state index is 0.435. The van der Waals surface area contributed by atoms with Gasteiger partial charge < -0.3 is 9.64 Å². The van der Waals surface area contributed by atoms with Crippen LogP contribution in [-0.2, 0) is 6.54 Å². The lowest BCUT2D eigenvalue weighted by molar-refractivity contribution is 0.294. The molecule has 0 radical (unpaired) electrons.